The summed E-state index contributed by atoms with van der Waals surface area (Å²) in [7, 11) is 0.410. The average Bonchev–Trinajstić information content (AvgIpc) is 2.03. The number of rotatable bonds is 5. The largest absolute Gasteiger partial charge is 0.413 e. The zero-order valence-corrected chi connectivity index (χ0v) is 12.8. The van der Waals surface area contributed by atoms with Crippen molar-refractivity contribution in [2.75, 3.05) is 7.05 Å². The van der Waals surface area contributed by atoms with Crippen molar-refractivity contribution < 1.29 is 4.43 Å². The highest BCUT2D eigenvalue weighted by Gasteiger charge is 2.39. The van der Waals surface area contributed by atoms with Gasteiger partial charge in [-0.3, -0.25) is 0 Å². The van der Waals surface area contributed by atoms with Crippen LogP contribution in [0.2, 0.25) is 18.1 Å². The molecule has 0 fully saturated rings. The summed E-state index contributed by atoms with van der Waals surface area (Å²) >= 11 is 0. The van der Waals surface area contributed by atoms with Crippen molar-refractivity contribution in [3.8, 4) is 0 Å². The van der Waals surface area contributed by atoms with Crippen LogP contribution < -0.4 is 5.32 Å². The molecule has 0 aromatic rings. The van der Waals surface area contributed by atoms with E-state index in [2.05, 4.69) is 53.0 Å². The van der Waals surface area contributed by atoms with E-state index in [0.717, 1.165) is 6.42 Å². The number of hydrogen-bond acceptors (Lipinski definition) is 2. The molecular weight excluding hydrogens is 202 g/mol. The Bertz CT molecular complexity index is 183. The maximum atomic E-state index is 6.32. The Kier molecular flexibility index (Phi) is 5.51. The molecule has 0 aliphatic heterocycles. The Morgan fingerprint density at radius 2 is 1.73 bits per heavy atom. The molecule has 2 nitrogen and oxygen atoms in total. The molecule has 0 radical (unpaired) electrons. The fraction of sp³-hybridized carbons (Fsp3) is 1.00. The van der Waals surface area contributed by atoms with Crippen molar-refractivity contribution in [3.63, 3.8) is 0 Å². The van der Waals surface area contributed by atoms with Crippen molar-refractivity contribution in [2.24, 2.45) is 0 Å². The number of likely N-dealkylation sites (N-methyl/N-ethyl adjacent to an activating group) is 1. The lowest BCUT2D eigenvalue weighted by atomic mass is 10.1. The molecule has 2 unspecified atom stereocenters. The molecule has 0 aliphatic rings. The van der Waals surface area contributed by atoms with Crippen LogP contribution in [0.15, 0.2) is 0 Å². The maximum Gasteiger partial charge on any atom is 0.192 e. The first-order valence-corrected chi connectivity index (χ1v) is 8.91. The number of hydrogen-bond donors (Lipinski definition) is 1. The van der Waals surface area contributed by atoms with Gasteiger partial charge in [-0.05, 0) is 38.5 Å². The van der Waals surface area contributed by atoms with E-state index in [9.17, 15) is 0 Å². The summed E-state index contributed by atoms with van der Waals surface area (Å²) in [6, 6.07) is 0.471. The van der Waals surface area contributed by atoms with Crippen LogP contribution in [-0.2, 0) is 4.43 Å². The van der Waals surface area contributed by atoms with E-state index in [0.29, 0.717) is 17.2 Å². The molecule has 0 rings (SSSR count). The third-order valence-electron chi connectivity index (χ3n) is 3.66. The maximum absolute atomic E-state index is 6.32. The smallest absolute Gasteiger partial charge is 0.192 e. The average molecular weight is 231 g/mol. The highest BCUT2D eigenvalue weighted by Crippen LogP contribution is 2.37. The lowest BCUT2D eigenvalue weighted by molar-refractivity contribution is 0.154. The molecule has 2 atom stereocenters. The summed E-state index contributed by atoms with van der Waals surface area (Å²) in [5.74, 6) is 0. The molecule has 0 aromatic carbocycles. The van der Waals surface area contributed by atoms with Crippen molar-refractivity contribution in [1.82, 2.24) is 5.32 Å². The fourth-order valence-corrected chi connectivity index (χ4v) is 2.94. The van der Waals surface area contributed by atoms with E-state index in [1.807, 2.05) is 7.05 Å². The van der Waals surface area contributed by atoms with Crippen molar-refractivity contribution >= 4 is 8.32 Å². The first-order valence-electron chi connectivity index (χ1n) is 6.00. The van der Waals surface area contributed by atoms with Crippen LogP contribution in [0.5, 0.6) is 0 Å². The Hall–Kier alpha value is 0.137. The van der Waals surface area contributed by atoms with Crippen LogP contribution in [0.1, 0.15) is 41.0 Å². The van der Waals surface area contributed by atoms with Gasteiger partial charge in [-0.1, -0.05) is 27.7 Å². The van der Waals surface area contributed by atoms with E-state index in [-0.39, 0.29) is 0 Å². The van der Waals surface area contributed by atoms with Gasteiger partial charge in [0.05, 0.1) is 6.10 Å². The molecule has 0 heterocycles. The summed E-state index contributed by atoms with van der Waals surface area (Å²) < 4.78 is 6.32. The van der Waals surface area contributed by atoms with Crippen molar-refractivity contribution in [2.45, 2.75) is 71.3 Å². The Balaban J connectivity index is 4.45. The highest BCUT2D eigenvalue weighted by atomic mass is 28.4. The standard InChI is InChI=1S/C12H29NOSi/c1-9-11(13-6)10(2)14-15(7,8)12(3,4)5/h10-11,13H,9H2,1-8H3. The molecule has 92 valence electrons. The van der Waals surface area contributed by atoms with Gasteiger partial charge >= 0.3 is 0 Å². The Morgan fingerprint density at radius 3 is 2.00 bits per heavy atom. The van der Waals surface area contributed by atoms with Gasteiger partial charge in [0.25, 0.3) is 0 Å². The number of nitrogens with one attached hydrogen (secondary N) is 1. The summed E-state index contributed by atoms with van der Waals surface area (Å²) in [6.45, 7) is 15.9. The molecule has 0 saturated carbocycles. The summed E-state index contributed by atoms with van der Waals surface area (Å²) in [4.78, 5) is 0. The molecule has 1 N–H and O–H groups in total. The molecule has 0 spiro atoms. The lowest BCUT2D eigenvalue weighted by Crippen LogP contribution is -2.48. The van der Waals surface area contributed by atoms with Crippen LogP contribution >= 0.6 is 0 Å². The second-order valence-corrected chi connectivity index (χ2v) is 10.6. The van der Waals surface area contributed by atoms with E-state index in [1.165, 1.54) is 0 Å². The SMILES string of the molecule is CCC(NC)C(C)O[Si](C)(C)C(C)(C)C. The predicted molar refractivity (Wildman–Crippen MR) is 70.9 cm³/mol. The molecule has 0 amide bonds. The van der Waals surface area contributed by atoms with Gasteiger partial charge in [-0.15, -0.1) is 0 Å². The fourth-order valence-electron chi connectivity index (χ4n) is 1.49. The third kappa shape index (κ3) is 4.25. The van der Waals surface area contributed by atoms with E-state index >= 15 is 0 Å². The molecule has 0 aromatic heterocycles. The van der Waals surface area contributed by atoms with Crippen LogP contribution in [0.4, 0.5) is 0 Å². The molecule has 15 heavy (non-hydrogen) atoms. The first kappa shape index (κ1) is 15.1. The van der Waals surface area contributed by atoms with Crippen molar-refractivity contribution in [1.29, 1.82) is 0 Å². The van der Waals surface area contributed by atoms with Gasteiger partial charge in [-0.25, -0.2) is 0 Å². The lowest BCUT2D eigenvalue weighted by Gasteiger charge is -2.40. The van der Waals surface area contributed by atoms with Gasteiger partial charge in [0.15, 0.2) is 8.32 Å². The molecule has 3 heteroatoms. The molecular formula is C12H29NOSi. The zero-order valence-electron chi connectivity index (χ0n) is 11.8. The van der Waals surface area contributed by atoms with Gasteiger partial charge < -0.3 is 9.74 Å². The molecule has 0 bridgehead atoms. The van der Waals surface area contributed by atoms with Crippen LogP contribution in [0, 0.1) is 0 Å². The van der Waals surface area contributed by atoms with E-state index in [4.69, 9.17) is 4.43 Å². The third-order valence-corrected chi connectivity index (χ3v) is 8.24. The van der Waals surface area contributed by atoms with Gasteiger partial charge in [-0.2, -0.15) is 0 Å². The Labute approximate surface area is 96.9 Å². The summed E-state index contributed by atoms with van der Waals surface area (Å²) in [6.07, 6.45) is 1.42. The van der Waals surface area contributed by atoms with E-state index in [1.54, 1.807) is 0 Å². The minimum Gasteiger partial charge on any atom is -0.413 e. The Morgan fingerprint density at radius 1 is 1.27 bits per heavy atom. The van der Waals surface area contributed by atoms with E-state index < -0.39 is 8.32 Å². The van der Waals surface area contributed by atoms with Crippen LogP contribution in [0.3, 0.4) is 0 Å². The first-order chi connectivity index (χ1) is 6.65. The zero-order chi connectivity index (χ0) is 12.3. The molecule has 0 aliphatic carbocycles. The molecule has 0 saturated heterocycles. The quantitative estimate of drug-likeness (QED) is 0.732. The van der Waals surface area contributed by atoms with Gasteiger partial charge in [0.1, 0.15) is 0 Å². The highest BCUT2D eigenvalue weighted by molar-refractivity contribution is 6.74. The second kappa shape index (κ2) is 5.46. The van der Waals surface area contributed by atoms with Gasteiger partial charge in [0.2, 0.25) is 0 Å². The van der Waals surface area contributed by atoms with Crippen LogP contribution in [0.25, 0.3) is 0 Å². The second-order valence-electron chi connectivity index (χ2n) is 5.89. The monoisotopic (exact) mass is 231 g/mol. The van der Waals surface area contributed by atoms with Crippen molar-refractivity contribution in [3.05, 3.63) is 0 Å². The summed E-state index contributed by atoms with van der Waals surface area (Å²) in [5, 5.41) is 3.62. The predicted octanol–water partition coefficient (Wildman–Crippen LogP) is 3.39. The van der Waals surface area contributed by atoms with Gasteiger partial charge in [0, 0.05) is 6.04 Å². The topological polar surface area (TPSA) is 21.3 Å². The minimum absolute atomic E-state index is 0.299. The minimum atomic E-state index is -1.60. The summed E-state index contributed by atoms with van der Waals surface area (Å²) in [5.41, 5.74) is 0. The normalized spacial score (nSPS) is 17.6. The van der Waals surface area contributed by atoms with Crippen LogP contribution in [-0.4, -0.2) is 27.5 Å².